The Labute approximate surface area is 127 Å². The van der Waals surface area contributed by atoms with Crippen molar-refractivity contribution in [3.63, 3.8) is 0 Å². The molecule has 1 saturated heterocycles. The van der Waals surface area contributed by atoms with Crippen molar-refractivity contribution < 1.29 is 22.7 Å². The predicted molar refractivity (Wildman–Crippen MR) is 78.9 cm³/mol. The summed E-state index contributed by atoms with van der Waals surface area (Å²) >= 11 is 0. The molecule has 21 heavy (non-hydrogen) atoms. The Morgan fingerprint density at radius 3 is 2.19 bits per heavy atom. The van der Waals surface area contributed by atoms with Crippen molar-refractivity contribution in [3.8, 4) is 0 Å². The smallest absolute Gasteiger partial charge is 0.324 e. The molecular formula is C13H26N2O5S. The van der Waals surface area contributed by atoms with E-state index in [1.807, 2.05) is 13.8 Å². The minimum atomic E-state index is -3.75. The number of esters is 1. The summed E-state index contributed by atoms with van der Waals surface area (Å²) in [7, 11) is -3.75. The molecule has 1 aliphatic heterocycles. The summed E-state index contributed by atoms with van der Waals surface area (Å²) in [6, 6.07) is -0.942. The van der Waals surface area contributed by atoms with E-state index in [2.05, 4.69) is 4.72 Å². The van der Waals surface area contributed by atoms with Gasteiger partial charge in [0.15, 0.2) is 0 Å². The van der Waals surface area contributed by atoms with Gasteiger partial charge in [-0.05, 0) is 41.5 Å². The van der Waals surface area contributed by atoms with E-state index in [1.54, 1.807) is 20.8 Å². The monoisotopic (exact) mass is 322 g/mol. The fourth-order valence-electron chi connectivity index (χ4n) is 2.06. The van der Waals surface area contributed by atoms with Gasteiger partial charge in [-0.15, -0.1) is 0 Å². The molecule has 0 aromatic carbocycles. The van der Waals surface area contributed by atoms with Gasteiger partial charge in [-0.1, -0.05) is 0 Å². The van der Waals surface area contributed by atoms with Gasteiger partial charge in [-0.3, -0.25) is 4.79 Å². The van der Waals surface area contributed by atoms with E-state index in [9.17, 15) is 13.2 Å². The first kappa shape index (κ1) is 18.3. The maximum absolute atomic E-state index is 12.3. The van der Waals surface area contributed by atoms with Gasteiger partial charge >= 0.3 is 5.97 Å². The van der Waals surface area contributed by atoms with Crippen molar-refractivity contribution in [1.82, 2.24) is 9.03 Å². The molecule has 7 nitrogen and oxygen atoms in total. The maximum atomic E-state index is 12.3. The number of nitrogens with zero attached hydrogens (tertiary/aromatic N) is 1. The zero-order valence-electron chi connectivity index (χ0n) is 13.5. The van der Waals surface area contributed by atoms with Gasteiger partial charge in [0.25, 0.3) is 10.2 Å². The highest BCUT2D eigenvalue weighted by atomic mass is 32.2. The van der Waals surface area contributed by atoms with Crippen molar-refractivity contribution in [2.75, 3.05) is 13.1 Å². The molecule has 0 aromatic heterocycles. The number of hydrogen-bond acceptors (Lipinski definition) is 5. The first-order valence-corrected chi connectivity index (χ1v) is 8.50. The van der Waals surface area contributed by atoms with Crippen molar-refractivity contribution >= 4 is 16.2 Å². The molecule has 1 fully saturated rings. The molecule has 0 bridgehead atoms. The summed E-state index contributed by atoms with van der Waals surface area (Å²) in [6.45, 7) is 10.8. The van der Waals surface area contributed by atoms with Gasteiger partial charge in [-0.2, -0.15) is 17.4 Å². The summed E-state index contributed by atoms with van der Waals surface area (Å²) in [5.74, 6) is -0.597. The van der Waals surface area contributed by atoms with Gasteiger partial charge < -0.3 is 9.47 Å². The van der Waals surface area contributed by atoms with Crippen molar-refractivity contribution in [3.05, 3.63) is 0 Å². The van der Waals surface area contributed by atoms with Crippen LogP contribution in [0.25, 0.3) is 0 Å². The Morgan fingerprint density at radius 2 is 1.76 bits per heavy atom. The van der Waals surface area contributed by atoms with Gasteiger partial charge in [0.05, 0.1) is 12.2 Å². The Bertz CT molecular complexity index is 461. The summed E-state index contributed by atoms with van der Waals surface area (Å²) in [5, 5.41) is 0. The lowest BCUT2D eigenvalue weighted by molar-refractivity contribution is -0.156. The van der Waals surface area contributed by atoms with E-state index >= 15 is 0 Å². The molecule has 2 unspecified atom stereocenters. The third kappa shape index (κ3) is 5.90. The van der Waals surface area contributed by atoms with Crippen LogP contribution in [0.5, 0.6) is 0 Å². The van der Waals surface area contributed by atoms with Crippen LogP contribution in [-0.4, -0.2) is 55.6 Å². The second kappa shape index (κ2) is 6.60. The molecule has 1 N–H and O–H groups in total. The zero-order valence-corrected chi connectivity index (χ0v) is 14.4. The van der Waals surface area contributed by atoms with Crippen LogP contribution in [0.2, 0.25) is 0 Å². The van der Waals surface area contributed by atoms with E-state index in [4.69, 9.17) is 9.47 Å². The number of rotatable bonds is 4. The molecule has 0 saturated carbocycles. The van der Waals surface area contributed by atoms with Gasteiger partial charge in [0, 0.05) is 13.1 Å². The second-order valence-corrected chi connectivity index (χ2v) is 8.15. The average molecular weight is 322 g/mol. The lowest BCUT2D eigenvalue weighted by Crippen LogP contribution is -2.54. The Kier molecular flexibility index (Phi) is 5.76. The molecule has 1 rings (SSSR count). The van der Waals surface area contributed by atoms with Crippen LogP contribution in [0.4, 0.5) is 0 Å². The third-order valence-electron chi connectivity index (χ3n) is 2.81. The lowest BCUT2D eigenvalue weighted by atomic mass is 10.2. The number of ether oxygens (including phenoxy) is 2. The van der Waals surface area contributed by atoms with Crippen molar-refractivity contribution in [1.29, 1.82) is 0 Å². The molecule has 0 aliphatic carbocycles. The molecule has 1 aliphatic rings. The third-order valence-corrected chi connectivity index (χ3v) is 4.44. The minimum absolute atomic E-state index is 0.179. The molecule has 0 spiro atoms. The quantitative estimate of drug-likeness (QED) is 0.769. The molecule has 8 heteroatoms. The average Bonchev–Trinajstić information content (AvgIpc) is 2.24. The van der Waals surface area contributed by atoms with E-state index in [-0.39, 0.29) is 25.3 Å². The summed E-state index contributed by atoms with van der Waals surface area (Å²) in [6.07, 6.45) is -0.357. The van der Waals surface area contributed by atoms with Crippen LogP contribution in [0.1, 0.15) is 41.5 Å². The van der Waals surface area contributed by atoms with Gasteiger partial charge in [0.2, 0.25) is 0 Å². The molecular weight excluding hydrogens is 296 g/mol. The van der Waals surface area contributed by atoms with Gasteiger partial charge in [0.1, 0.15) is 11.6 Å². The van der Waals surface area contributed by atoms with E-state index in [0.29, 0.717) is 0 Å². The summed E-state index contributed by atoms with van der Waals surface area (Å²) in [5.41, 5.74) is -0.654. The maximum Gasteiger partial charge on any atom is 0.324 e. The van der Waals surface area contributed by atoms with E-state index < -0.39 is 27.8 Å². The van der Waals surface area contributed by atoms with Crippen LogP contribution < -0.4 is 4.72 Å². The van der Waals surface area contributed by atoms with Gasteiger partial charge in [-0.25, -0.2) is 0 Å². The molecule has 3 atom stereocenters. The molecule has 0 amide bonds. The van der Waals surface area contributed by atoms with Crippen LogP contribution >= 0.6 is 0 Å². The van der Waals surface area contributed by atoms with Crippen LogP contribution in [0.3, 0.4) is 0 Å². The first-order chi connectivity index (χ1) is 9.40. The fourth-order valence-corrected chi connectivity index (χ4v) is 3.57. The van der Waals surface area contributed by atoms with E-state index in [1.165, 1.54) is 11.2 Å². The Morgan fingerprint density at radius 1 is 1.29 bits per heavy atom. The number of morpholine rings is 1. The zero-order chi connectivity index (χ0) is 16.4. The number of carbonyl (C=O) groups excluding carboxylic acids is 1. The second-order valence-electron chi connectivity index (χ2n) is 6.45. The minimum Gasteiger partial charge on any atom is -0.459 e. The van der Waals surface area contributed by atoms with E-state index in [0.717, 1.165) is 0 Å². The highest BCUT2D eigenvalue weighted by Crippen LogP contribution is 2.14. The first-order valence-electron chi connectivity index (χ1n) is 7.06. The predicted octanol–water partition coefficient (Wildman–Crippen LogP) is 0.660. The number of carbonyl (C=O) groups is 1. The van der Waals surface area contributed by atoms with Crippen molar-refractivity contribution in [2.45, 2.75) is 65.4 Å². The molecule has 1 heterocycles. The summed E-state index contributed by atoms with van der Waals surface area (Å²) < 4.78 is 38.9. The van der Waals surface area contributed by atoms with Crippen LogP contribution in [0, 0.1) is 0 Å². The standard InChI is InChI=1S/C13H26N2O5S/c1-9-7-15(8-10(2)19-9)21(17,18)14-11(3)12(16)20-13(4,5)6/h9-11,14H,7-8H2,1-6H3/t9?,10?,11-/m1/s1. The fraction of sp³-hybridized carbons (Fsp3) is 0.923. The van der Waals surface area contributed by atoms with Crippen molar-refractivity contribution in [2.24, 2.45) is 0 Å². The highest BCUT2D eigenvalue weighted by Gasteiger charge is 2.33. The molecule has 0 aromatic rings. The Hall–Kier alpha value is -0.700. The topological polar surface area (TPSA) is 84.9 Å². The highest BCUT2D eigenvalue weighted by molar-refractivity contribution is 7.87. The van der Waals surface area contributed by atoms with Crippen LogP contribution in [0.15, 0.2) is 0 Å². The van der Waals surface area contributed by atoms with Crippen LogP contribution in [-0.2, 0) is 24.5 Å². The molecule has 124 valence electrons. The number of hydrogen-bond donors (Lipinski definition) is 1. The lowest BCUT2D eigenvalue weighted by Gasteiger charge is -2.35. The number of nitrogens with one attached hydrogen (secondary N) is 1. The SMILES string of the molecule is CC1CN(S(=O)(=O)N[C@H](C)C(=O)OC(C)(C)C)CC(C)O1. The Balaban J connectivity index is 2.69. The molecule has 0 radical (unpaired) electrons. The summed E-state index contributed by atoms with van der Waals surface area (Å²) in [4.78, 5) is 11.9. The largest absolute Gasteiger partial charge is 0.459 e. The normalized spacial score (nSPS) is 26.4.